The smallest absolute Gasteiger partial charge is 0.408 e. The van der Waals surface area contributed by atoms with Crippen molar-refractivity contribution < 1.29 is 38.4 Å². The minimum Gasteiger partial charge on any atom is -0.496 e. The number of carbonyl (C=O) groups excluding carboxylic acids is 3. The largest absolute Gasteiger partial charge is 0.496 e. The SMILES string of the molecule is COc1ccccc1SC[C@H]1O[C@@H](c2ccc(CN3C(=O)CC(NC(=O)OCc4ccccc4)C3=O)cc2)O[C@@H](c2ccc(CO)cc2)[C@H]1C. The van der Waals surface area contributed by atoms with Gasteiger partial charge in [0.2, 0.25) is 5.91 Å². The normalized spacial score (nSPS) is 22.0. The first kappa shape index (κ1) is 35.2. The molecule has 10 nitrogen and oxygen atoms in total. The Balaban J connectivity index is 1.12. The molecule has 11 heteroatoms. The average molecular weight is 697 g/mol. The van der Waals surface area contributed by atoms with Crippen LogP contribution in [-0.2, 0) is 43.6 Å². The third-order valence-electron chi connectivity index (χ3n) is 8.94. The lowest BCUT2D eigenvalue weighted by molar-refractivity contribution is -0.268. The van der Waals surface area contributed by atoms with E-state index in [1.807, 2.05) is 103 Å². The molecule has 0 radical (unpaired) electrons. The zero-order valence-corrected chi connectivity index (χ0v) is 28.7. The summed E-state index contributed by atoms with van der Waals surface area (Å²) in [6.45, 7) is 2.21. The topological polar surface area (TPSA) is 124 Å². The molecule has 0 spiro atoms. The van der Waals surface area contributed by atoms with Crippen LogP contribution in [0.3, 0.4) is 0 Å². The molecule has 0 bridgehead atoms. The Labute approximate surface area is 295 Å². The number of thioether (sulfide) groups is 1. The van der Waals surface area contributed by atoms with E-state index < -0.39 is 24.3 Å². The Hall–Kier alpha value is -4.68. The molecular weight excluding hydrogens is 657 g/mol. The van der Waals surface area contributed by atoms with E-state index in [-0.39, 0.29) is 50.2 Å². The Morgan fingerprint density at radius 3 is 2.28 bits per heavy atom. The summed E-state index contributed by atoms with van der Waals surface area (Å²) < 4.78 is 24.0. The first-order chi connectivity index (χ1) is 24.3. The lowest BCUT2D eigenvalue weighted by atomic mass is 9.91. The highest BCUT2D eigenvalue weighted by molar-refractivity contribution is 7.99. The fourth-order valence-electron chi connectivity index (χ4n) is 6.05. The molecule has 2 fully saturated rings. The van der Waals surface area contributed by atoms with E-state index in [1.54, 1.807) is 18.9 Å². The van der Waals surface area contributed by atoms with E-state index in [4.69, 9.17) is 18.9 Å². The number of para-hydroxylation sites is 1. The molecule has 2 aliphatic rings. The first-order valence-corrected chi connectivity index (χ1v) is 17.5. The molecule has 260 valence electrons. The van der Waals surface area contributed by atoms with Crippen molar-refractivity contribution in [3.8, 4) is 5.75 Å². The van der Waals surface area contributed by atoms with Gasteiger partial charge in [0.05, 0.1) is 38.9 Å². The third-order valence-corrected chi connectivity index (χ3v) is 10.1. The maximum Gasteiger partial charge on any atom is 0.408 e. The highest BCUT2D eigenvalue weighted by Gasteiger charge is 2.40. The highest BCUT2D eigenvalue weighted by Crippen LogP contribution is 2.43. The molecular formula is C39H40N2O8S. The molecule has 0 saturated carbocycles. The Morgan fingerprint density at radius 2 is 1.56 bits per heavy atom. The van der Waals surface area contributed by atoms with Crippen LogP contribution in [0, 0.1) is 5.92 Å². The van der Waals surface area contributed by atoms with E-state index in [0.717, 1.165) is 43.4 Å². The number of aliphatic hydroxyl groups excluding tert-OH is 1. The number of alkyl carbamates (subject to hydrolysis) is 1. The number of carbonyl (C=O) groups is 3. The van der Waals surface area contributed by atoms with Gasteiger partial charge in [0.25, 0.3) is 5.91 Å². The van der Waals surface area contributed by atoms with Crippen LogP contribution < -0.4 is 10.1 Å². The molecule has 50 heavy (non-hydrogen) atoms. The monoisotopic (exact) mass is 696 g/mol. The summed E-state index contributed by atoms with van der Waals surface area (Å²) in [7, 11) is 1.66. The molecule has 2 aliphatic heterocycles. The van der Waals surface area contributed by atoms with Gasteiger partial charge in [-0.15, -0.1) is 11.8 Å². The summed E-state index contributed by atoms with van der Waals surface area (Å²) in [5.41, 5.74) is 4.17. The summed E-state index contributed by atoms with van der Waals surface area (Å²) in [4.78, 5) is 40.4. The standard InChI is InChI=1S/C39H40N2O8S/c1-25-33(24-50-34-11-7-6-10-32(34)46-2)48-38(49-36(25)29-16-14-27(22-42)15-17-29)30-18-12-26(13-19-30)21-41-35(43)20-31(37(41)44)40-39(45)47-23-28-8-4-3-5-9-28/h3-19,25,31,33,36,38,42H,20-24H2,1-2H3,(H,40,45)/t25-,31?,33+,36+,38+/m0/s1. The van der Waals surface area contributed by atoms with Gasteiger partial charge >= 0.3 is 6.09 Å². The van der Waals surface area contributed by atoms with Crippen molar-refractivity contribution in [2.24, 2.45) is 5.92 Å². The van der Waals surface area contributed by atoms with Crippen LogP contribution in [0.1, 0.15) is 53.6 Å². The number of nitrogens with one attached hydrogen (secondary N) is 1. The number of methoxy groups -OCH3 is 1. The molecule has 4 aromatic carbocycles. The number of rotatable bonds is 12. The van der Waals surface area contributed by atoms with Gasteiger partial charge in [-0.05, 0) is 34.4 Å². The van der Waals surface area contributed by atoms with Crippen LogP contribution in [0.2, 0.25) is 0 Å². The zero-order chi connectivity index (χ0) is 35.0. The lowest BCUT2D eigenvalue weighted by Crippen LogP contribution is -2.41. The van der Waals surface area contributed by atoms with Gasteiger partial charge in [0.15, 0.2) is 6.29 Å². The van der Waals surface area contributed by atoms with Crippen LogP contribution in [0.4, 0.5) is 4.79 Å². The number of amides is 3. The fraction of sp³-hybridized carbons (Fsp3) is 0.308. The number of nitrogens with zero attached hydrogens (tertiary/aromatic N) is 1. The highest BCUT2D eigenvalue weighted by atomic mass is 32.2. The van der Waals surface area contributed by atoms with E-state index >= 15 is 0 Å². The van der Waals surface area contributed by atoms with Gasteiger partial charge in [-0.3, -0.25) is 14.5 Å². The van der Waals surface area contributed by atoms with Gasteiger partial charge in [0, 0.05) is 22.1 Å². The summed E-state index contributed by atoms with van der Waals surface area (Å²) in [5.74, 6) is 0.636. The summed E-state index contributed by atoms with van der Waals surface area (Å²) in [5, 5.41) is 12.1. The van der Waals surface area contributed by atoms with E-state index in [2.05, 4.69) is 12.2 Å². The van der Waals surface area contributed by atoms with Crippen molar-refractivity contribution >= 4 is 29.7 Å². The number of aliphatic hydroxyl groups is 1. The summed E-state index contributed by atoms with van der Waals surface area (Å²) in [6, 6.07) is 31.3. The predicted molar refractivity (Wildman–Crippen MR) is 187 cm³/mol. The van der Waals surface area contributed by atoms with Crippen LogP contribution in [-0.4, -0.2) is 52.9 Å². The molecule has 2 heterocycles. The third kappa shape index (κ3) is 8.36. The van der Waals surface area contributed by atoms with Crippen molar-refractivity contribution in [1.29, 1.82) is 0 Å². The Morgan fingerprint density at radius 1 is 0.880 bits per heavy atom. The van der Waals surface area contributed by atoms with Crippen LogP contribution in [0.15, 0.2) is 108 Å². The molecule has 2 N–H and O–H groups in total. The molecule has 0 aromatic heterocycles. The van der Waals surface area contributed by atoms with Crippen LogP contribution >= 0.6 is 11.8 Å². The summed E-state index contributed by atoms with van der Waals surface area (Å²) >= 11 is 1.67. The zero-order valence-electron chi connectivity index (χ0n) is 27.9. The number of ether oxygens (including phenoxy) is 4. The van der Waals surface area contributed by atoms with E-state index in [9.17, 15) is 19.5 Å². The molecule has 2 saturated heterocycles. The molecule has 6 rings (SSSR count). The molecule has 3 amide bonds. The Kier molecular flexibility index (Phi) is 11.5. The van der Waals surface area contributed by atoms with Gasteiger partial charge in [-0.2, -0.15) is 0 Å². The van der Waals surface area contributed by atoms with E-state index in [1.165, 1.54) is 0 Å². The second kappa shape index (κ2) is 16.4. The quantitative estimate of drug-likeness (QED) is 0.129. The number of hydrogen-bond donors (Lipinski definition) is 2. The molecule has 5 atom stereocenters. The number of hydrogen-bond acceptors (Lipinski definition) is 9. The van der Waals surface area contributed by atoms with Crippen molar-refractivity contribution in [3.63, 3.8) is 0 Å². The van der Waals surface area contributed by atoms with Crippen LogP contribution in [0.25, 0.3) is 0 Å². The number of imide groups is 1. The second-order valence-corrected chi connectivity index (χ2v) is 13.4. The maximum atomic E-state index is 13.1. The van der Waals surface area contributed by atoms with Crippen molar-refractivity contribution in [1.82, 2.24) is 10.2 Å². The minimum atomic E-state index is -0.981. The van der Waals surface area contributed by atoms with Crippen molar-refractivity contribution in [2.75, 3.05) is 12.9 Å². The second-order valence-electron chi connectivity index (χ2n) is 12.3. The number of likely N-dealkylation sites (tertiary alicyclic amines) is 1. The maximum absolute atomic E-state index is 13.1. The van der Waals surface area contributed by atoms with Gasteiger partial charge in [-0.1, -0.05) is 97.9 Å². The Bertz CT molecular complexity index is 1770. The fourth-order valence-corrected chi connectivity index (χ4v) is 7.25. The minimum absolute atomic E-state index is 0.0112. The van der Waals surface area contributed by atoms with Crippen molar-refractivity contribution in [2.45, 2.75) is 62.5 Å². The lowest BCUT2D eigenvalue weighted by Gasteiger charge is -2.41. The average Bonchev–Trinajstić information content (AvgIpc) is 3.41. The van der Waals surface area contributed by atoms with Crippen LogP contribution in [0.5, 0.6) is 5.75 Å². The first-order valence-electron chi connectivity index (χ1n) is 16.5. The number of benzene rings is 4. The van der Waals surface area contributed by atoms with Gasteiger partial charge < -0.3 is 29.4 Å². The van der Waals surface area contributed by atoms with Gasteiger partial charge in [0.1, 0.15) is 18.4 Å². The predicted octanol–water partition coefficient (Wildman–Crippen LogP) is 6.33. The van der Waals surface area contributed by atoms with Crippen molar-refractivity contribution in [3.05, 3.63) is 131 Å². The molecule has 1 unspecified atom stereocenters. The molecule has 4 aromatic rings. The van der Waals surface area contributed by atoms with E-state index in [0.29, 0.717) is 5.75 Å². The molecule has 0 aliphatic carbocycles. The summed E-state index contributed by atoms with van der Waals surface area (Å²) in [6.07, 6.45) is -2.00. The van der Waals surface area contributed by atoms with Gasteiger partial charge in [-0.25, -0.2) is 4.79 Å².